The minimum atomic E-state index is 0.0964. The Morgan fingerprint density at radius 1 is 0.625 bits per heavy atom. The zero-order chi connectivity index (χ0) is 16.7. The Kier molecular flexibility index (Phi) is 12.4. The van der Waals surface area contributed by atoms with Crippen molar-refractivity contribution in [2.24, 2.45) is 0 Å². The van der Waals surface area contributed by atoms with Crippen LogP contribution in [0.1, 0.15) is 77.0 Å². The third kappa shape index (κ3) is 10.3. The van der Waals surface area contributed by atoms with Crippen molar-refractivity contribution in [3.63, 3.8) is 0 Å². The van der Waals surface area contributed by atoms with Crippen molar-refractivity contribution in [1.82, 2.24) is 0 Å². The van der Waals surface area contributed by atoms with Crippen molar-refractivity contribution in [2.45, 2.75) is 102 Å². The van der Waals surface area contributed by atoms with E-state index in [1.54, 1.807) is 0 Å². The fraction of sp³-hybridized carbons (Fsp3) is 1.00. The van der Waals surface area contributed by atoms with Crippen molar-refractivity contribution in [3.8, 4) is 0 Å². The van der Waals surface area contributed by atoms with Gasteiger partial charge in [0.05, 0.1) is 0 Å². The van der Waals surface area contributed by atoms with Crippen LogP contribution in [-0.4, -0.2) is 45.3 Å². The number of unbranched alkanes of at least 4 members (excludes halogenated alkanes) is 5. The Labute approximate surface area is 153 Å². The van der Waals surface area contributed by atoms with E-state index in [4.69, 9.17) is 18.3 Å². The maximum Gasteiger partial charge on any atom is 0.233 e. The molecule has 0 aromatic heterocycles. The zero-order valence-corrected chi connectivity index (χ0v) is 17.1. The molecule has 0 saturated carbocycles. The molecule has 2 atom stereocenters. The summed E-state index contributed by atoms with van der Waals surface area (Å²) in [6, 6.07) is 2.41. The molecule has 0 spiro atoms. The lowest BCUT2D eigenvalue weighted by Gasteiger charge is -2.22. The second kappa shape index (κ2) is 14.4. The van der Waals surface area contributed by atoms with E-state index in [-0.39, 0.29) is 12.6 Å². The van der Waals surface area contributed by atoms with Gasteiger partial charge in [-0.3, -0.25) is 0 Å². The van der Waals surface area contributed by atoms with Crippen LogP contribution in [0.25, 0.3) is 0 Å². The van der Waals surface area contributed by atoms with Gasteiger partial charge in [0.25, 0.3) is 0 Å². The molecule has 0 amide bonds. The fourth-order valence-electron chi connectivity index (χ4n) is 3.01. The largest absolute Gasteiger partial charge is 0.393 e. The van der Waals surface area contributed by atoms with Crippen LogP contribution in [0.3, 0.4) is 0 Å². The summed E-state index contributed by atoms with van der Waals surface area (Å²) in [5, 5.41) is 0. The van der Waals surface area contributed by atoms with Crippen LogP contribution in [-0.2, 0) is 18.3 Å². The summed E-state index contributed by atoms with van der Waals surface area (Å²) in [6.07, 6.45) is 15.3. The van der Waals surface area contributed by atoms with Crippen LogP contribution >= 0.6 is 0 Å². The van der Waals surface area contributed by atoms with E-state index in [2.05, 4.69) is 0 Å². The molecule has 0 aliphatic carbocycles. The van der Waals surface area contributed by atoms with E-state index in [9.17, 15) is 0 Å². The van der Waals surface area contributed by atoms with Crippen LogP contribution in [0, 0.1) is 0 Å². The summed E-state index contributed by atoms with van der Waals surface area (Å²) in [6.45, 7) is 1.77. The molecular weight excluding hydrogens is 336 g/mol. The Bertz CT molecular complexity index is 254. The van der Waals surface area contributed by atoms with Crippen molar-refractivity contribution < 1.29 is 18.3 Å². The molecule has 2 aliphatic heterocycles. The lowest BCUT2D eigenvalue weighted by molar-refractivity contribution is -0.106. The topological polar surface area (TPSA) is 36.9 Å². The third-order valence-electron chi connectivity index (χ3n) is 4.51. The van der Waals surface area contributed by atoms with Crippen LogP contribution in [0.5, 0.6) is 0 Å². The first-order valence-electron chi connectivity index (χ1n) is 9.95. The van der Waals surface area contributed by atoms with Gasteiger partial charge >= 0.3 is 0 Å². The average Bonchev–Trinajstić information content (AvgIpc) is 2.64. The van der Waals surface area contributed by atoms with E-state index in [1.807, 2.05) is 0 Å². The Morgan fingerprint density at radius 3 is 1.50 bits per heavy atom. The van der Waals surface area contributed by atoms with Crippen LogP contribution in [0.4, 0.5) is 0 Å². The maximum absolute atomic E-state index is 5.79. The van der Waals surface area contributed by atoms with Crippen molar-refractivity contribution in [3.05, 3.63) is 0 Å². The van der Waals surface area contributed by atoms with Crippen molar-refractivity contribution in [1.29, 1.82) is 0 Å². The fourth-order valence-corrected chi connectivity index (χ4v) is 4.78. The number of ether oxygens (including phenoxy) is 2. The number of rotatable bonds is 13. The van der Waals surface area contributed by atoms with Gasteiger partial charge in [0, 0.05) is 13.2 Å². The summed E-state index contributed by atoms with van der Waals surface area (Å²) in [4.78, 5) is 0. The van der Waals surface area contributed by atoms with Crippen molar-refractivity contribution >= 4 is 19.5 Å². The van der Waals surface area contributed by atoms with Gasteiger partial charge < -0.3 is 18.3 Å². The quantitative estimate of drug-likeness (QED) is 0.354. The molecule has 6 heteroatoms. The van der Waals surface area contributed by atoms with Crippen molar-refractivity contribution in [2.75, 3.05) is 13.2 Å². The first-order chi connectivity index (χ1) is 11.9. The van der Waals surface area contributed by atoms with E-state index in [0.29, 0.717) is 19.5 Å². The second-order valence-electron chi connectivity index (χ2n) is 6.74. The second-order valence-corrected chi connectivity index (χ2v) is 8.79. The lowest BCUT2D eigenvalue weighted by atomic mass is 10.1. The monoisotopic (exact) mass is 370 g/mol. The van der Waals surface area contributed by atoms with Gasteiger partial charge in [0.2, 0.25) is 19.5 Å². The van der Waals surface area contributed by atoms with Gasteiger partial charge in [-0.05, 0) is 50.6 Å². The van der Waals surface area contributed by atoms with E-state index in [0.717, 1.165) is 26.1 Å². The standard InChI is InChI=1S/C18H34O4Si2/c1(3-9-15-23-21-17-11-5-7-13-19-17)2-4-10-16-24-22-18-12-6-8-14-20-18/h17-18H,1-16H2. The normalized spacial score (nSPS) is 25.0. The molecule has 4 nitrogen and oxygen atoms in total. The third-order valence-corrected chi connectivity index (χ3v) is 6.49. The highest BCUT2D eigenvalue weighted by Crippen LogP contribution is 2.15. The SMILES string of the molecule is C(CCCC[Si]OC1CCCCO1)CCC[Si]OC1CCCCO1. The molecule has 2 unspecified atom stereocenters. The van der Waals surface area contributed by atoms with Crippen LogP contribution in [0.15, 0.2) is 0 Å². The van der Waals surface area contributed by atoms with E-state index < -0.39 is 0 Å². The minimum absolute atomic E-state index is 0.0964. The molecule has 2 rings (SSSR count). The van der Waals surface area contributed by atoms with E-state index >= 15 is 0 Å². The van der Waals surface area contributed by atoms with Gasteiger partial charge in [0.15, 0.2) is 0 Å². The molecule has 4 radical (unpaired) electrons. The van der Waals surface area contributed by atoms with Crippen LogP contribution < -0.4 is 0 Å². The molecule has 2 heterocycles. The molecule has 0 bridgehead atoms. The van der Waals surface area contributed by atoms with E-state index in [1.165, 1.54) is 76.3 Å². The highest BCUT2D eigenvalue weighted by atomic mass is 28.2. The molecule has 2 aliphatic rings. The minimum Gasteiger partial charge on any atom is -0.393 e. The van der Waals surface area contributed by atoms with Gasteiger partial charge in [-0.15, -0.1) is 0 Å². The van der Waals surface area contributed by atoms with Gasteiger partial charge in [-0.1, -0.05) is 38.5 Å². The molecule has 138 valence electrons. The number of hydrogen-bond donors (Lipinski definition) is 0. The van der Waals surface area contributed by atoms with Gasteiger partial charge in [0.1, 0.15) is 12.6 Å². The summed E-state index contributed by atoms with van der Waals surface area (Å²) >= 11 is 0. The number of hydrogen-bond acceptors (Lipinski definition) is 4. The van der Waals surface area contributed by atoms with Gasteiger partial charge in [-0.25, -0.2) is 0 Å². The summed E-state index contributed by atoms with van der Waals surface area (Å²) in [5.74, 6) is 0. The van der Waals surface area contributed by atoms with Crippen LogP contribution in [0.2, 0.25) is 12.1 Å². The highest BCUT2D eigenvalue weighted by Gasteiger charge is 2.14. The maximum atomic E-state index is 5.79. The predicted octanol–water partition coefficient (Wildman–Crippen LogP) is 4.49. The molecule has 0 N–H and O–H groups in total. The van der Waals surface area contributed by atoms with Gasteiger partial charge in [-0.2, -0.15) is 0 Å². The Morgan fingerprint density at radius 2 is 1.08 bits per heavy atom. The molecule has 24 heavy (non-hydrogen) atoms. The summed E-state index contributed by atoms with van der Waals surface area (Å²) in [7, 11) is 1.25. The summed E-state index contributed by atoms with van der Waals surface area (Å²) in [5.41, 5.74) is 0. The lowest BCUT2D eigenvalue weighted by Crippen LogP contribution is -2.23. The first-order valence-corrected chi connectivity index (χ1v) is 12.2. The zero-order valence-electron chi connectivity index (χ0n) is 15.1. The Hall–Kier alpha value is 0.274. The molecule has 0 aromatic carbocycles. The molecular formula is C18H34O4Si2. The average molecular weight is 371 g/mol. The molecule has 2 saturated heterocycles. The Balaban J connectivity index is 1.25. The molecule has 2 fully saturated rings. The molecule has 0 aromatic rings. The predicted molar refractivity (Wildman–Crippen MR) is 98.2 cm³/mol. The summed E-state index contributed by atoms with van der Waals surface area (Å²) < 4.78 is 22.7. The smallest absolute Gasteiger partial charge is 0.233 e. The first kappa shape index (κ1) is 20.6. The highest BCUT2D eigenvalue weighted by molar-refractivity contribution is 6.27.